The summed E-state index contributed by atoms with van der Waals surface area (Å²) < 4.78 is 23.1. The van der Waals surface area contributed by atoms with Crippen LogP contribution in [0.25, 0.3) is 0 Å². The highest BCUT2D eigenvalue weighted by Gasteiger charge is 2.39. The molecule has 0 aliphatic carbocycles. The summed E-state index contributed by atoms with van der Waals surface area (Å²) in [6.45, 7) is 1.35. The zero-order chi connectivity index (χ0) is 21.3. The summed E-state index contributed by atoms with van der Waals surface area (Å²) in [6, 6.07) is 9.06. The summed E-state index contributed by atoms with van der Waals surface area (Å²) in [7, 11) is -3.03. The molecule has 3 fully saturated rings. The van der Waals surface area contributed by atoms with Crippen LogP contribution in [-0.2, 0) is 24.2 Å². The third kappa shape index (κ3) is 4.50. The number of benzene rings is 1. The van der Waals surface area contributed by atoms with E-state index in [0.717, 1.165) is 5.69 Å². The van der Waals surface area contributed by atoms with Crippen LogP contribution in [0.2, 0.25) is 0 Å². The van der Waals surface area contributed by atoms with Crippen molar-refractivity contribution in [2.45, 2.75) is 31.7 Å². The van der Waals surface area contributed by atoms with E-state index in [1.165, 1.54) is 0 Å². The van der Waals surface area contributed by atoms with Crippen molar-refractivity contribution in [3.63, 3.8) is 0 Å². The number of piperidine rings is 1. The number of anilines is 1. The summed E-state index contributed by atoms with van der Waals surface area (Å²) in [5, 5.41) is 2.86. The summed E-state index contributed by atoms with van der Waals surface area (Å²) >= 11 is 0. The normalized spacial score (nSPS) is 26.7. The van der Waals surface area contributed by atoms with Crippen molar-refractivity contribution in [3.8, 4) is 0 Å². The minimum Gasteiger partial charge on any atom is -0.352 e. The topological polar surface area (TPSA) is 104 Å². The number of nitrogens with zero attached hydrogens (tertiary/aromatic N) is 2. The van der Waals surface area contributed by atoms with Crippen molar-refractivity contribution in [2.24, 2.45) is 11.8 Å². The fraction of sp³-hybridized carbons (Fsp3) is 0.571. The number of carbonyl (C=O) groups excluding carboxylic acids is 3. The molecule has 3 aliphatic rings. The van der Waals surface area contributed by atoms with E-state index in [9.17, 15) is 22.8 Å². The Labute approximate surface area is 176 Å². The van der Waals surface area contributed by atoms with Gasteiger partial charge in [0.2, 0.25) is 17.7 Å². The number of hydrogen-bond donors (Lipinski definition) is 1. The number of carbonyl (C=O) groups is 3. The molecule has 0 spiro atoms. The highest BCUT2D eigenvalue weighted by atomic mass is 32.2. The number of nitrogens with one attached hydrogen (secondary N) is 1. The van der Waals surface area contributed by atoms with Gasteiger partial charge in [-0.1, -0.05) is 18.2 Å². The van der Waals surface area contributed by atoms with Crippen LogP contribution < -0.4 is 10.2 Å². The monoisotopic (exact) mass is 433 g/mol. The lowest BCUT2D eigenvalue weighted by atomic mass is 9.94. The van der Waals surface area contributed by atoms with E-state index < -0.39 is 9.84 Å². The molecular formula is C21H27N3O5S. The standard InChI is InChI=1S/C21H27N3O5S/c25-19-12-16(13-24(19)18-4-2-1-3-5-18)21(27)23-9-6-15(7-10-23)20(26)22-17-8-11-30(28,29)14-17/h1-5,15-17H,6-14H2,(H,22,26)/t16-,17-/m0/s1. The average molecular weight is 434 g/mol. The van der Waals surface area contributed by atoms with Gasteiger partial charge >= 0.3 is 0 Å². The van der Waals surface area contributed by atoms with Gasteiger partial charge in [-0.05, 0) is 31.4 Å². The Hall–Kier alpha value is -2.42. The van der Waals surface area contributed by atoms with Gasteiger partial charge in [0.05, 0.1) is 17.4 Å². The van der Waals surface area contributed by atoms with Crippen LogP contribution >= 0.6 is 0 Å². The molecular weight excluding hydrogens is 406 g/mol. The highest BCUT2D eigenvalue weighted by Crippen LogP contribution is 2.28. The molecule has 162 valence electrons. The van der Waals surface area contributed by atoms with E-state index in [-0.39, 0.29) is 53.5 Å². The highest BCUT2D eigenvalue weighted by molar-refractivity contribution is 7.91. The quantitative estimate of drug-likeness (QED) is 0.748. The van der Waals surface area contributed by atoms with E-state index in [1.807, 2.05) is 30.3 Å². The third-order valence-electron chi connectivity index (χ3n) is 6.30. The van der Waals surface area contributed by atoms with E-state index in [2.05, 4.69) is 5.32 Å². The van der Waals surface area contributed by atoms with Crippen molar-refractivity contribution >= 4 is 33.2 Å². The van der Waals surface area contributed by atoms with Gasteiger partial charge in [0.1, 0.15) is 0 Å². The van der Waals surface area contributed by atoms with Crippen LogP contribution in [0.4, 0.5) is 5.69 Å². The van der Waals surface area contributed by atoms with Crippen LogP contribution in [0, 0.1) is 11.8 Å². The molecule has 1 aromatic carbocycles. The fourth-order valence-electron chi connectivity index (χ4n) is 4.58. The summed E-state index contributed by atoms with van der Waals surface area (Å²) in [4.78, 5) is 41.2. The minimum atomic E-state index is -3.03. The predicted molar refractivity (Wildman–Crippen MR) is 111 cm³/mol. The van der Waals surface area contributed by atoms with E-state index >= 15 is 0 Å². The third-order valence-corrected chi connectivity index (χ3v) is 8.07. The number of hydrogen-bond acceptors (Lipinski definition) is 5. The molecule has 3 amide bonds. The molecule has 0 bridgehead atoms. The molecule has 30 heavy (non-hydrogen) atoms. The van der Waals surface area contributed by atoms with Gasteiger partial charge in [0.25, 0.3) is 0 Å². The number of likely N-dealkylation sites (tertiary alicyclic amines) is 1. The number of amides is 3. The molecule has 0 unspecified atom stereocenters. The van der Waals surface area contributed by atoms with Gasteiger partial charge in [-0.3, -0.25) is 14.4 Å². The van der Waals surface area contributed by atoms with Gasteiger partial charge in [-0.25, -0.2) is 8.42 Å². The Morgan fingerprint density at radius 3 is 2.33 bits per heavy atom. The lowest BCUT2D eigenvalue weighted by molar-refractivity contribution is -0.139. The molecule has 8 nitrogen and oxygen atoms in total. The smallest absolute Gasteiger partial charge is 0.228 e. The molecule has 0 aromatic heterocycles. The van der Waals surface area contributed by atoms with E-state index in [4.69, 9.17) is 0 Å². The lowest BCUT2D eigenvalue weighted by Crippen LogP contribution is -2.47. The molecule has 3 aliphatic heterocycles. The van der Waals surface area contributed by atoms with Gasteiger partial charge in [-0.15, -0.1) is 0 Å². The fourth-order valence-corrected chi connectivity index (χ4v) is 6.25. The number of para-hydroxylation sites is 1. The first kappa shape index (κ1) is 20.8. The lowest BCUT2D eigenvalue weighted by Gasteiger charge is -2.33. The van der Waals surface area contributed by atoms with Crippen LogP contribution in [0.15, 0.2) is 30.3 Å². The van der Waals surface area contributed by atoms with Crippen molar-refractivity contribution in [1.82, 2.24) is 10.2 Å². The van der Waals surface area contributed by atoms with Gasteiger partial charge in [0.15, 0.2) is 9.84 Å². The van der Waals surface area contributed by atoms with Gasteiger partial charge in [0, 0.05) is 43.7 Å². The summed E-state index contributed by atoms with van der Waals surface area (Å²) in [5.41, 5.74) is 0.808. The van der Waals surface area contributed by atoms with E-state index in [1.54, 1.807) is 9.80 Å². The zero-order valence-electron chi connectivity index (χ0n) is 16.8. The summed E-state index contributed by atoms with van der Waals surface area (Å²) in [6.07, 6.45) is 1.80. The second-order valence-electron chi connectivity index (χ2n) is 8.45. The van der Waals surface area contributed by atoms with Crippen LogP contribution in [0.5, 0.6) is 0 Å². The minimum absolute atomic E-state index is 0.0176. The Bertz CT molecular complexity index is 925. The Morgan fingerprint density at radius 1 is 1.00 bits per heavy atom. The first-order valence-electron chi connectivity index (χ1n) is 10.5. The molecule has 2 atom stereocenters. The Balaban J connectivity index is 1.27. The first-order valence-corrected chi connectivity index (χ1v) is 12.3. The number of rotatable bonds is 4. The number of sulfone groups is 1. The maximum Gasteiger partial charge on any atom is 0.228 e. The summed E-state index contributed by atoms with van der Waals surface area (Å²) in [5.74, 6) is -0.595. The predicted octanol–water partition coefficient (Wildman–Crippen LogP) is 0.581. The average Bonchev–Trinajstić information content (AvgIpc) is 3.29. The molecule has 0 radical (unpaired) electrons. The van der Waals surface area contributed by atoms with E-state index in [0.29, 0.717) is 38.9 Å². The van der Waals surface area contributed by atoms with Crippen LogP contribution in [-0.4, -0.2) is 68.2 Å². The Kier molecular flexibility index (Phi) is 5.81. The van der Waals surface area contributed by atoms with Crippen LogP contribution in [0.3, 0.4) is 0 Å². The maximum absolute atomic E-state index is 12.9. The molecule has 9 heteroatoms. The second kappa shape index (κ2) is 8.37. The SMILES string of the molecule is O=C(N[C@H]1CCS(=O)(=O)C1)C1CCN(C(=O)[C@H]2CC(=O)N(c3ccccc3)C2)CC1. The van der Waals surface area contributed by atoms with Crippen molar-refractivity contribution < 1.29 is 22.8 Å². The van der Waals surface area contributed by atoms with Crippen LogP contribution in [0.1, 0.15) is 25.7 Å². The second-order valence-corrected chi connectivity index (χ2v) is 10.7. The Morgan fingerprint density at radius 2 is 1.70 bits per heavy atom. The molecule has 0 saturated carbocycles. The van der Waals surface area contributed by atoms with Crippen molar-refractivity contribution in [1.29, 1.82) is 0 Å². The molecule has 4 rings (SSSR count). The molecule has 3 heterocycles. The molecule has 3 saturated heterocycles. The van der Waals surface area contributed by atoms with Crippen molar-refractivity contribution in [3.05, 3.63) is 30.3 Å². The largest absolute Gasteiger partial charge is 0.352 e. The zero-order valence-corrected chi connectivity index (χ0v) is 17.6. The first-order chi connectivity index (χ1) is 14.3. The van der Waals surface area contributed by atoms with Crippen molar-refractivity contribution in [2.75, 3.05) is 36.0 Å². The maximum atomic E-state index is 12.9. The van der Waals surface area contributed by atoms with Gasteiger partial charge < -0.3 is 15.1 Å². The molecule has 1 N–H and O–H groups in total. The molecule has 1 aromatic rings. The van der Waals surface area contributed by atoms with Gasteiger partial charge in [-0.2, -0.15) is 0 Å².